The predicted octanol–water partition coefficient (Wildman–Crippen LogP) is 0.623. The first kappa shape index (κ1) is 24.1. The molecule has 10 heteroatoms. The fourth-order valence-electron chi connectivity index (χ4n) is 3.06. The summed E-state index contributed by atoms with van der Waals surface area (Å²) in [5.41, 5.74) is 6.69. The molecule has 0 bridgehead atoms. The van der Waals surface area contributed by atoms with Crippen LogP contribution >= 0.6 is 0 Å². The van der Waals surface area contributed by atoms with E-state index < -0.39 is 15.9 Å². The molecule has 1 saturated heterocycles. The van der Waals surface area contributed by atoms with Gasteiger partial charge in [0.1, 0.15) is 0 Å². The van der Waals surface area contributed by atoms with Gasteiger partial charge in [0.15, 0.2) is 5.96 Å². The number of carbonyl (C=O) groups excluding carboxylic acids is 1. The highest BCUT2D eigenvalue weighted by Crippen LogP contribution is 2.10. The van der Waals surface area contributed by atoms with Crippen LogP contribution in [-0.4, -0.2) is 80.7 Å². The molecule has 30 heavy (non-hydrogen) atoms. The van der Waals surface area contributed by atoms with Gasteiger partial charge in [-0.25, -0.2) is 13.4 Å². The number of benzene rings is 1. The summed E-state index contributed by atoms with van der Waals surface area (Å²) in [5, 5.41) is 3.27. The van der Waals surface area contributed by atoms with Gasteiger partial charge in [0.2, 0.25) is 15.9 Å². The van der Waals surface area contributed by atoms with Crippen LogP contribution in [0.3, 0.4) is 0 Å². The standard InChI is InChI=1S/C20H33N5O4S/c1-4-22-20(23-15-17-5-7-18(8-6-17)19(21)26)24-9-11-25(12-10-24)30(27,28)14-13-29-16(2)3/h5-8,16H,4,9-15H2,1-3H3,(H2,21,26)(H,22,23). The molecule has 9 nitrogen and oxygen atoms in total. The van der Waals surface area contributed by atoms with Crippen LogP contribution in [0.15, 0.2) is 29.3 Å². The second kappa shape index (κ2) is 11.3. The average Bonchev–Trinajstić information content (AvgIpc) is 2.71. The van der Waals surface area contributed by atoms with E-state index >= 15 is 0 Å². The number of sulfonamides is 1. The molecular weight excluding hydrogens is 406 g/mol. The van der Waals surface area contributed by atoms with Crippen molar-refractivity contribution in [2.24, 2.45) is 10.7 Å². The van der Waals surface area contributed by atoms with Crippen molar-refractivity contribution >= 4 is 21.9 Å². The molecule has 1 fully saturated rings. The van der Waals surface area contributed by atoms with E-state index in [-0.39, 0.29) is 18.5 Å². The van der Waals surface area contributed by atoms with E-state index in [1.165, 1.54) is 4.31 Å². The number of ether oxygens (including phenoxy) is 1. The highest BCUT2D eigenvalue weighted by Gasteiger charge is 2.28. The quantitative estimate of drug-likeness (QED) is 0.430. The minimum atomic E-state index is -3.32. The number of aliphatic imine (C=N–C) groups is 1. The molecule has 2 rings (SSSR count). The fourth-order valence-corrected chi connectivity index (χ4v) is 4.35. The number of hydrogen-bond acceptors (Lipinski definition) is 5. The molecule has 0 atom stereocenters. The van der Waals surface area contributed by atoms with Crippen molar-refractivity contribution in [3.05, 3.63) is 35.4 Å². The Hall–Kier alpha value is -2.17. The topological polar surface area (TPSA) is 117 Å². The van der Waals surface area contributed by atoms with Crippen molar-refractivity contribution in [3.8, 4) is 0 Å². The fraction of sp³-hybridized carbons (Fsp3) is 0.600. The van der Waals surface area contributed by atoms with E-state index in [0.29, 0.717) is 44.8 Å². The summed E-state index contributed by atoms with van der Waals surface area (Å²) >= 11 is 0. The van der Waals surface area contributed by atoms with Crippen molar-refractivity contribution in [2.75, 3.05) is 45.1 Å². The van der Waals surface area contributed by atoms with E-state index in [4.69, 9.17) is 10.5 Å². The lowest BCUT2D eigenvalue weighted by atomic mass is 10.1. The van der Waals surface area contributed by atoms with E-state index in [1.54, 1.807) is 12.1 Å². The number of guanidine groups is 1. The van der Waals surface area contributed by atoms with Gasteiger partial charge < -0.3 is 20.7 Å². The summed E-state index contributed by atoms with van der Waals surface area (Å²) in [7, 11) is -3.32. The van der Waals surface area contributed by atoms with Gasteiger partial charge in [-0.05, 0) is 38.5 Å². The van der Waals surface area contributed by atoms with Gasteiger partial charge in [0.25, 0.3) is 0 Å². The third kappa shape index (κ3) is 7.26. The Labute approximate surface area is 179 Å². The lowest BCUT2D eigenvalue weighted by Gasteiger charge is -2.36. The number of nitrogens with one attached hydrogen (secondary N) is 1. The van der Waals surface area contributed by atoms with Gasteiger partial charge >= 0.3 is 0 Å². The summed E-state index contributed by atoms with van der Waals surface area (Å²) in [6, 6.07) is 7.04. The Kier molecular flexibility index (Phi) is 9.07. The average molecular weight is 440 g/mol. The first-order chi connectivity index (χ1) is 14.2. The van der Waals surface area contributed by atoms with Crippen LogP contribution < -0.4 is 11.1 Å². The zero-order chi connectivity index (χ0) is 22.1. The molecule has 1 aromatic rings. The molecule has 1 amide bonds. The summed E-state index contributed by atoms with van der Waals surface area (Å²) in [4.78, 5) is 17.9. The minimum Gasteiger partial charge on any atom is -0.378 e. The molecular formula is C20H33N5O4S. The lowest BCUT2D eigenvalue weighted by molar-refractivity contribution is 0.0904. The Morgan fingerprint density at radius 1 is 1.20 bits per heavy atom. The molecule has 0 spiro atoms. The highest BCUT2D eigenvalue weighted by atomic mass is 32.2. The Bertz CT molecular complexity index is 816. The lowest BCUT2D eigenvalue weighted by Crippen LogP contribution is -2.54. The van der Waals surface area contributed by atoms with Crippen LogP contribution in [0.4, 0.5) is 0 Å². The van der Waals surface area contributed by atoms with E-state index in [0.717, 1.165) is 11.5 Å². The minimum absolute atomic E-state index is 0.000630. The number of piperazine rings is 1. The monoisotopic (exact) mass is 439 g/mol. The summed E-state index contributed by atoms with van der Waals surface area (Å²) < 4.78 is 31.9. The third-order valence-corrected chi connectivity index (χ3v) is 6.54. The second-order valence-electron chi connectivity index (χ2n) is 7.35. The molecule has 1 aliphatic heterocycles. The Morgan fingerprint density at radius 3 is 2.37 bits per heavy atom. The van der Waals surface area contributed by atoms with Gasteiger partial charge in [-0.3, -0.25) is 4.79 Å². The zero-order valence-electron chi connectivity index (χ0n) is 18.0. The number of nitrogens with zero attached hydrogens (tertiary/aromatic N) is 3. The van der Waals surface area contributed by atoms with E-state index in [2.05, 4.69) is 15.2 Å². The first-order valence-corrected chi connectivity index (χ1v) is 11.8. The zero-order valence-corrected chi connectivity index (χ0v) is 18.8. The maximum absolute atomic E-state index is 12.5. The smallest absolute Gasteiger partial charge is 0.248 e. The molecule has 0 aliphatic carbocycles. The number of rotatable bonds is 9. The molecule has 1 aromatic carbocycles. The molecule has 0 unspecified atom stereocenters. The van der Waals surface area contributed by atoms with Gasteiger partial charge in [-0.2, -0.15) is 4.31 Å². The maximum atomic E-state index is 12.5. The summed E-state index contributed by atoms with van der Waals surface area (Å²) in [6.07, 6.45) is 0.0166. The maximum Gasteiger partial charge on any atom is 0.248 e. The number of nitrogens with two attached hydrogens (primary N) is 1. The molecule has 0 saturated carbocycles. The number of amides is 1. The molecule has 0 radical (unpaired) electrons. The van der Waals surface area contributed by atoms with E-state index in [1.807, 2.05) is 32.9 Å². The SMILES string of the molecule is CCNC(=NCc1ccc(C(N)=O)cc1)N1CCN(S(=O)(=O)CCOC(C)C)CC1. The van der Waals surface area contributed by atoms with Crippen molar-refractivity contribution in [2.45, 2.75) is 33.4 Å². The van der Waals surface area contributed by atoms with Crippen LogP contribution in [0.25, 0.3) is 0 Å². The van der Waals surface area contributed by atoms with Gasteiger partial charge in [0.05, 0.1) is 25.0 Å². The highest BCUT2D eigenvalue weighted by molar-refractivity contribution is 7.89. The molecule has 0 aromatic heterocycles. The summed E-state index contributed by atoms with van der Waals surface area (Å²) in [6.45, 7) is 9.11. The van der Waals surface area contributed by atoms with Gasteiger partial charge in [-0.15, -0.1) is 0 Å². The normalized spacial score (nSPS) is 16.1. The molecule has 1 aliphatic rings. The molecule has 168 valence electrons. The summed E-state index contributed by atoms with van der Waals surface area (Å²) in [5.74, 6) is 0.291. The number of hydrogen-bond donors (Lipinski definition) is 2. The van der Waals surface area contributed by atoms with Crippen molar-refractivity contribution in [3.63, 3.8) is 0 Å². The predicted molar refractivity (Wildman–Crippen MR) is 118 cm³/mol. The van der Waals surface area contributed by atoms with Gasteiger partial charge in [-0.1, -0.05) is 12.1 Å². The first-order valence-electron chi connectivity index (χ1n) is 10.2. The Morgan fingerprint density at radius 2 is 1.83 bits per heavy atom. The van der Waals surface area contributed by atoms with Gasteiger partial charge in [0, 0.05) is 38.3 Å². The second-order valence-corrected chi connectivity index (χ2v) is 9.44. The van der Waals surface area contributed by atoms with Crippen LogP contribution in [-0.2, 0) is 21.3 Å². The largest absolute Gasteiger partial charge is 0.378 e. The number of carbonyl (C=O) groups is 1. The van der Waals surface area contributed by atoms with Crippen LogP contribution in [0.2, 0.25) is 0 Å². The molecule has 1 heterocycles. The van der Waals surface area contributed by atoms with Crippen LogP contribution in [0.1, 0.15) is 36.7 Å². The van der Waals surface area contributed by atoms with Crippen molar-refractivity contribution in [1.82, 2.24) is 14.5 Å². The van der Waals surface area contributed by atoms with E-state index in [9.17, 15) is 13.2 Å². The van der Waals surface area contributed by atoms with Crippen LogP contribution in [0, 0.1) is 0 Å². The number of primary amides is 1. The van der Waals surface area contributed by atoms with Crippen molar-refractivity contribution in [1.29, 1.82) is 0 Å². The van der Waals surface area contributed by atoms with Crippen molar-refractivity contribution < 1.29 is 17.9 Å². The van der Waals surface area contributed by atoms with Crippen LogP contribution in [0.5, 0.6) is 0 Å². The third-order valence-electron chi connectivity index (χ3n) is 4.71. The Balaban J connectivity index is 1.94. The molecule has 3 N–H and O–H groups in total.